The Balaban J connectivity index is 2.86. The number of aryl methyl sites for hydroxylation is 3. The molecule has 0 unspecified atom stereocenters. The highest BCUT2D eigenvalue weighted by atomic mass is 14.7. The molecule has 2 aromatic rings. The number of hydrogen-bond acceptors (Lipinski definition) is 1. The smallest absolute Gasteiger partial charge is 0.0710 e. The van der Waals surface area contributed by atoms with Crippen LogP contribution >= 0.6 is 0 Å². The second kappa shape index (κ2) is 2.84. The highest BCUT2D eigenvalue weighted by molar-refractivity contribution is 5.82. The van der Waals surface area contributed by atoms with Crippen LogP contribution < -0.4 is 0 Å². The number of hydrogen-bond donors (Lipinski definition) is 0. The van der Waals surface area contributed by atoms with Crippen LogP contribution in [-0.2, 0) is 0 Å². The fourth-order valence-corrected chi connectivity index (χ4v) is 1.68. The van der Waals surface area contributed by atoms with Crippen molar-refractivity contribution in [2.45, 2.75) is 20.8 Å². The first-order valence-corrected chi connectivity index (χ1v) is 4.51. The Kier molecular flexibility index (Phi) is 1.80. The van der Waals surface area contributed by atoms with Crippen molar-refractivity contribution in [2.24, 2.45) is 0 Å². The number of fused-ring (bicyclic) bond motifs is 1. The molecule has 2 rings (SSSR count). The molecule has 1 nitrogen and oxygen atoms in total. The van der Waals surface area contributed by atoms with Crippen LogP contribution in [-0.4, -0.2) is 4.98 Å². The van der Waals surface area contributed by atoms with E-state index < -0.39 is 0 Å². The summed E-state index contributed by atoms with van der Waals surface area (Å²) in [6, 6.07) is 8.53. The van der Waals surface area contributed by atoms with Crippen LogP contribution in [0.1, 0.15) is 16.8 Å². The molecule has 0 fully saturated rings. The van der Waals surface area contributed by atoms with Crippen LogP contribution in [0.5, 0.6) is 0 Å². The molecule has 1 heteroatoms. The quantitative estimate of drug-likeness (QED) is 0.593. The Morgan fingerprint density at radius 3 is 2.54 bits per heavy atom. The number of nitrogens with zero attached hydrogens (tertiary/aromatic N) is 1. The average Bonchev–Trinajstić information content (AvgIpc) is 2.02. The lowest BCUT2D eigenvalue weighted by Gasteiger charge is -2.03. The molecule has 13 heavy (non-hydrogen) atoms. The van der Waals surface area contributed by atoms with Gasteiger partial charge in [-0.3, -0.25) is 4.98 Å². The second-order valence-electron chi connectivity index (χ2n) is 3.60. The maximum Gasteiger partial charge on any atom is 0.0710 e. The molecule has 1 aromatic heterocycles. The van der Waals surface area contributed by atoms with Gasteiger partial charge in [-0.15, -0.1) is 0 Å². The molecule has 1 heterocycles. The van der Waals surface area contributed by atoms with Crippen molar-refractivity contribution >= 4 is 10.9 Å². The third-order valence-corrected chi connectivity index (χ3v) is 2.30. The van der Waals surface area contributed by atoms with Gasteiger partial charge < -0.3 is 0 Å². The summed E-state index contributed by atoms with van der Waals surface area (Å²) in [7, 11) is 0. The first-order valence-electron chi connectivity index (χ1n) is 4.51. The minimum atomic E-state index is 1.09. The van der Waals surface area contributed by atoms with Gasteiger partial charge in [0, 0.05) is 11.1 Å². The standard InChI is InChI=1S/C12H13N/c1-8-4-5-11-9(2)7-10(3)13-12(11)6-8/h4-7H,1-3H3. The Labute approximate surface area is 78.4 Å². The third kappa shape index (κ3) is 1.42. The molecule has 0 aliphatic rings. The zero-order valence-corrected chi connectivity index (χ0v) is 8.26. The molecule has 0 spiro atoms. The molecule has 66 valence electrons. The molecule has 0 saturated carbocycles. The van der Waals surface area contributed by atoms with E-state index in [1.807, 2.05) is 6.92 Å². The summed E-state index contributed by atoms with van der Waals surface area (Å²) in [5, 5.41) is 1.26. The Morgan fingerprint density at radius 2 is 1.77 bits per heavy atom. The molecule has 0 N–H and O–H groups in total. The minimum absolute atomic E-state index is 1.09. The molecule has 0 bridgehead atoms. The van der Waals surface area contributed by atoms with Crippen molar-refractivity contribution in [3.05, 3.63) is 41.1 Å². The van der Waals surface area contributed by atoms with Gasteiger partial charge in [0.1, 0.15) is 0 Å². The van der Waals surface area contributed by atoms with Gasteiger partial charge in [0.2, 0.25) is 0 Å². The van der Waals surface area contributed by atoms with Crippen molar-refractivity contribution < 1.29 is 0 Å². The van der Waals surface area contributed by atoms with Crippen LogP contribution in [0, 0.1) is 20.8 Å². The molecule has 0 amide bonds. The van der Waals surface area contributed by atoms with Crippen LogP contribution in [0.2, 0.25) is 0 Å². The zero-order valence-electron chi connectivity index (χ0n) is 8.26. The van der Waals surface area contributed by atoms with E-state index in [2.05, 4.69) is 43.1 Å². The lowest BCUT2D eigenvalue weighted by molar-refractivity contribution is 1.23. The van der Waals surface area contributed by atoms with E-state index in [4.69, 9.17) is 0 Å². The highest BCUT2D eigenvalue weighted by Crippen LogP contribution is 2.18. The van der Waals surface area contributed by atoms with Gasteiger partial charge in [-0.2, -0.15) is 0 Å². The van der Waals surface area contributed by atoms with E-state index in [1.54, 1.807) is 0 Å². The van der Waals surface area contributed by atoms with Crippen LogP contribution in [0.15, 0.2) is 24.3 Å². The average molecular weight is 171 g/mol. The van der Waals surface area contributed by atoms with Gasteiger partial charge in [-0.1, -0.05) is 12.1 Å². The summed E-state index contributed by atoms with van der Waals surface area (Å²) in [4.78, 5) is 4.50. The summed E-state index contributed by atoms with van der Waals surface area (Å²) in [6.45, 7) is 6.26. The van der Waals surface area contributed by atoms with Crippen LogP contribution in [0.3, 0.4) is 0 Å². The summed E-state index contributed by atoms with van der Waals surface area (Å²) in [6.07, 6.45) is 0. The zero-order chi connectivity index (χ0) is 9.42. The van der Waals surface area contributed by atoms with E-state index in [0.717, 1.165) is 11.2 Å². The maximum absolute atomic E-state index is 4.50. The molecule has 0 saturated heterocycles. The van der Waals surface area contributed by atoms with E-state index in [-0.39, 0.29) is 0 Å². The van der Waals surface area contributed by atoms with Gasteiger partial charge >= 0.3 is 0 Å². The number of pyridine rings is 1. The summed E-state index contributed by atoms with van der Waals surface area (Å²) >= 11 is 0. The monoisotopic (exact) mass is 171 g/mol. The largest absolute Gasteiger partial charge is 0.253 e. The minimum Gasteiger partial charge on any atom is -0.253 e. The third-order valence-electron chi connectivity index (χ3n) is 2.30. The van der Waals surface area contributed by atoms with Crippen molar-refractivity contribution in [1.82, 2.24) is 4.98 Å². The number of benzene rings is 1. The van der Waals surface area contributed by atoms with E-state index in [9.17, 15) is 0 Å². The topological polar surface area (TPSA) is 12.9 Å². The predicted molar refractivity (Wildman–Crippen MR) is 56.0 cm³/mol. The molecule has 0 aliphatic heterocycles. The normalized spacial score (nSPS) is 10.7. The first-order chi connectivity index (χ1) is 6.16. The van der Waals surface area contributed by atoms with Crippen LogP contribution in [0.4, 0.5) is 0 Å². The highest BCUT2D eigenvalue weighted by Gasteiger charge is 1.99. The Bertz CT molecular complexity index is 453. The summed E-state index contributed by atoms with van der Waals surface area (Å²) in [5.74, 6) is 0. The van der Waals surface area contributed by atoms with E-state index >= 15 is 0 Å². The summed E-state index contributed by atoms with van der Waals surface area (Å²) < 4.78 is 0. The van der Waals surface area contributed by atoms with Gasteiger partial charge in [-0.05, 0) is 44.0 Å². The van der Waals surface area contributed by atoms with Crippen molar-refractivity contribution in [3.8, 4) is 0 Å². The van der Waals surface area contributed by atoms with E-state index in [1.165, 1.54) is 16.5 Å². The lowest BCUT2D eigenvalue weighted by atomic mass is 10.1. The van der Waals surface area contributed by atoms with Crippen molar-refractivity contribution in [3.63, 3.8) is 0 Å². The molecule has 1 aromatic carbocycles. The van der Waals surface area contributed by atoms with Crippen molar-refractivity contribution in [2.75, 3.05) is 0 Å². The predicted octanol–water partition coefficient (Wildman–Crippen LogP) is 3.16. The number of rotatable bonds is 0. The summed E-state index contributed by atoms with van der Waals surface area (Å²) in [5.41, 5.74) is 4.78. The molecule has 0 atom stereocenters. The Hall–Kier alpha value is -1.37. The maximum atomic E-state index is 4.50. The molecular weight excluding hydrogens is 158 g/mol. The molecule has 0 aliphatic carbocycles. The lowest BCUT2D eigenvalue weighted by Crippen LogP contribution is -1.87. The van der Waals surface area contributed by atoms with Gasteiger partial charge in [-0.25, -0.2) is 0 Å². The van der Waals surface area contributed by atoms with Gasteiger partial charge in [0.25, 0.3) is 0 Å². The second-order valence-corrected chi connectivity index (χ2v) is 3.60. The Morgan fingerprint density at radius 1 is 1.00 bits per heavy atom. The van der Waals surface area contributed by atoms with Crippen molar-refractivity contribution in [1.29, 1.82) is 0 Å². The molecular formula is C12H13N. The van der Waals surface area contributed by atoms with Gasteiger partial charge in [0.15, 0.2) is 0 Å². The fourth-order valence-electron chi connectivity index (χ4n) is 1.68. The van der Waals surface area contributed by atoms with Gasteiger partial charge in [0.05, 0.1) is 5.52 Å². The van der Waals surface area contributed by atoms with Crippen LogP contribution in [0.25, 0.3) is 10.9 Å². The molecule has 0 radical (unpaired) electrons. The first kappa shape index (κ1) is 8.24. The number of aromatic nitrogens is 1. The SMILES string of the molecule is Cc1ccc2c(C)cc(C)nc2c1. The fraction of sp³-hybridized carbons (Fsp3) is 0.250. The van der Waals surface area contributed by atoms with E-state index in [0.29, 0.717) is 0 Å².